The molecule has 0 bridgehead atoms. The Hall–Kier alpha value is -4.12. The SMILES string of the molecule is COc1ccc([C@H]2C(C(=O)C=Cc3ccccc3)=C(O)C(=O)N2c2ccccc2)cc1. The van der Waals surface area contributed by atoms with Gasteiger partial charge in [0.15, 0.2) is 11.5 Å². The average Bonchev–Trinajstić information content (AvgIpc) is 3.09. The molecule has 5 nitrogen and oxygen atoms in total. The van der Waals surface area contributed by atoms with E-state index in [9.17, 15) is 14.7 Å². The fourth-order valence-electron chi connectivity index (χ4n) is 3.64. The van der Waals surface area contributed by atoms with E-state index >= 15 is 0 Å². The normalized spacial score (nSPS) is 16.2. The molecule has 1 amide bonds. The van der Waals surface area contributed by atoms with Gasteiger partial charge in [-0.05, 0) is 41.5 Å². The summed E-state index contributed by atoms with van der Waals surface area (Å²) < 4.78 is 5.23. The highest BCUT2D eigenvalue weighted by Gasteiger charge is 2.43. The Morgan fingerprint density at radius 3 is 2.16 bits per heavy atom. The number of methoxy groups -OCH3 is 1. The molecule has 0 unspecified atom stereocenters. The van der Waals surface area contributed by atoms with Crippen LogP contribution in [0.5, 0.6) is 5.75 Å². The first kappa shape index (κ1) is 20.2. The second-order valence-corrected chi connectivity index (χ2v) is 7.06. The van der Waals surface area contributed by atoms with E-state index in [-0.39, 0.29) is 5.57 Å². The molecule has 0 aromatic heterocycles. The lowest BCUT2D eigenvalue weighted by Crippen LogP contribution is -2.30. The monoisotopic (exact) mass is 411 g/mol. The van der Waals surface area contributed by atoms with Crippen molar-refractivity contribution < 1.29 is 19.4 Å². The number of hydrogen-bond donors (Lipinski definition) is 1. The number of anilines is 1. The summed E-state index contributed by atoms with van der Waals surface area (Å²) in [6, 6.07) is 24.7. The number of allylic oxidation sites excluding steroid dienone is 1. The van der Waals surface area contributed by atoms with Crippen molar-refractivity contribution in [2.45, 2.75) is 6.04 Å². The van der Waals surface area contributed by atoms with E-state index < -0.39 is 23.5 Å². The molecule has 3 aromatic carbocycles. The largest absolute Gasteiger partial charge is 0.503 e. The van der Waals surface area contributed by atoms with Crippen LogP contribution < -0.4 is 9.64 Å². The van der Waals surface area contributed by atoms with Crippen LogP contribution in [-0.2, 0) is 9.59 Å². The van der Waals surface area contributed by atoms with Crippen LogP contribution >= 0.6 is 0 Å². The molecule has 1 atom stereocenters. The van der Waals surface area contributed by atoms with Gasteiger partial charge in [0.25, 0.3) is 5.91 Å². The maximum Gasteiger partial charge on any atom is 0.294 e. The molecule has 1 aliphatic rings. The van der Waals surface area contributed by atoms with Gasteiger partial charge < -0.3 is 9.84 Å². The van der Waals surface area contributed by atoms with E-state index in [0.717, 1.165) is 5.56 Å². The Kier molecular flexibility index (Phi) is 5.67. The van der Waals surface area contributed by atoms with Crippen molar-refractivity contribution in [2.24, 2.45) is 0 Å². The van der Waals surface area contributed by atoms with E-state index in [1.54, 1.807) is 61.7 Å². The predicted molar refractivity (Wildman–Crippen MR) is 120 cm³/mol. The predicted octanol–water partition coefficient (Wildman–Crippen LogP) is 4.88. The summed E-state index contributed by atoms with van der Waals surface area (Å²) in [7, 11) is 1.57. The minimum absolute atomic E-state index is 0.0474. The van der Waals surface area contributed by atoms with Crippen molar-refractivity contribution in [2.75, 3.05) is 12.0 Å². The van der Waals surface area contributed by atoms with E-state index in [0.29, 0.717) is 17.0 Å². The van der Waals surface area contributed by atoms with Crippen LogP contribution in [0.15, 0.2) is 102 Å². The first-order valence-electron chi connectivity index (χ1n) is 9.83. The van der Waals surface area contributed by atoms with E-state index in [2.05, 4.69) is 0 Å². The topological polar surface area (TPSA) is 66.8 Å². The summed E-state index contributed by atoms with van der Waals surface area (Å²) in [5.41, 5.74) is 2.18. The van der Waals surface area contributed by atoms with Crippen LogP contribution in [-0.4, -0.2) is 23.9 Å². The van der Waals surface area contributed by atoms with Gasteiger partial charge in [-0.25, -0.2) is 0 Å². The minimum atomic E-state index is -0.756. The molecular weight excluding hydrogens is 390 g/mol. The maximum absolute atomic E-state index is 13.2. The van der Waals surface area contributed by atoms with Crippen molar-refractivity contribution in [3.05, 3.63) is 113 Å². The average molecular weight is 411 g/mol. The molecule has 0 saturated heterocycles. The van der Waals surface area contributed by atoms with Crippen LogP contribution in [0.4, 0.5) is 5.69 Å². The fourth-order valence-corrected chi connectivity index (χ4v) is 3.64. The van der Waals surface area contributed by atoms with Crippen LogP contribution in [0.3, 0.4) is 0 Å². The number of nitrogens with zero attached hydrogens (tertiary/aromatic N) is 1. The number of carbonyl (C=O) groups excluding carboxylic acids is 2. The molecule has 0 fully saturated rings. The summed E-state index contributed by atoms with van der Waals surface area (Å²) in [4.78, 5) is 27.6. The van der Waals surface area contributed by atoms with Crippen molar-refractivity contribution in [3.63, 3.8) is 0 Å². The number of hydrogen-bond acceptors (Lipinski definition) is 4. The summed E-state index contributed by atoms with van der Waals surface area (Å²) >= 11 is 0. The number of amides is 1. The quantitative estimate of drug-likeness (QED) is 0.587. The fraction of sp³-hybridized carbons (Fsp3) is 0.0769. The summed E-state index contributed by atoms with van der Waals surface area (Å²) in [5.74, 6) is -0.908. The Morgan fingerprint density at radius 1 is 0.935 bits per heavy atom. The standard InChI is InChI=1S/C26H21NO4/c1-31-21-15-13-19(14-16-21)24-23(22(28)17-12-18-8-4-2-5-9-18)25(29)26(30)27(24)20-10-6-3-7-11-20/h2-17,24,29H,1H3/t24-/m0/s1. The number of carbonyl (C=O) groups is 2. The Morgan fingerprint density at radius 2 is 1.55 bits per heavy atom. The highest BCUT2D eigenvalue weighted by Crippen LogP contribution is 2.41. The Bertz CT molecular complexity index is 1150. The molecule has 31 heavy (non-hydrogen) atoms. The molecule has 4 rings (SSSR count). The minimum Gasteiger partial charge on any atom is -0.503 e. The first-order chi connectivity index (χ1) is 15.1. The lowest BCUT2D eigenvalue weighted by Gasteiger charge is -2.26. The highest BCUT2D eigenvalue weighted by molar-refractivity contribution is 6.19. The molecule has 5 heteroatoms. The van der Waals surface area contributed by atoms with Gasteiger partial charge in [0.1, 0.15) is 5.75 Å². The molecule has 0 saturated carbocycles. The number of ether oxygens (including phenoxy) is 1. The van der Waals surface area contributed by atoms with Crippen LogP contribution in [0, 0.1) is 0 Å². The van der Waals surface area contributed by atoms with E-state index in [1.165, 1.54) is 11.0 Å². The Balaban J connectivity index is 1.77. The first-order valence-corrected chi connectivity index (χ1v) is 9.83. The zero-order chi connectivity index (χ0) is 21.8. The van der Waals surface area contributed by atoms with Crippen LogP contribution in [0.1, 0.15) is 17.2 Å². The number of aliphatic hydroxyl groups is 1. The van der Waals surface area contributed by atoms with Gasteiger partial charge in [0.05, 0.1) is 18.7 Å². The third kappa shape index (κ3) is 3.98. The summed E-state index contributed by atoms with van der Waals surface area (Å²) in [5, 5.41) is 10.7. The van der Waals surface area contributed by atoms with Gasteiger partial charge in [0.2, 0.25) is 0 Å². The number of para-hydroxylation sites is 1. The molecule has 0 radical (unpaired) electrons. The summed E-state index contributed by atoms with van der Waals surface area (Å²) in [6.45, 7) is 0. The summed E-state index contributed by atoms with van der Waals surface area (Å²) in [6.07, 6.45) is 3.06. The third-order valence-electron chi connectivity index (χ3n) is 5.17. The van der Waals surface area contributed by atoms with Crippen molar-refractivity contribution in [1.29, 1.82) is 0 Å². The molecule has 1 N–H and O–H groups in total. The second kappa shape index (κ2) is 8.71. The van der Waals surface area contributed by atoms with Crippen LogP contribution in [0.25, 0.3) is 6.08 Å². The molecule has 154 valence electrons. The number of ketones is 1. The van der Waals surface area contributed by atoms with Crippen molar-refractivity contribution in [1.82, 2.24) is 0 Å². The zero-order valence-electron chi connectivity index (χ0n) is 16.9. The van der Waals surface area contributed by atoms with E-state index in [4.69, 9.17) is 4.74 Å². The number of rotatable bonds is 6. The van der Waals surface area contributed by atoms with E-state index in [1.807, 2.05) is 36.4 Å². The van der Waals surface area contributed by atoms with Crippen molar-refractivity contribution >= 4 is 23.5 Å². The van der Waals surface area contributed by atoms with Gasteiger partial charge in [-0.3, -0.25) is 14.5 Å². The second-order valence-electron chi connectivity index (χ2n) is 7.06. The van der Waals surface area contributed by atoms with Gasteiger partial charge in [-0.2, -0.15) is 0 Å². The molecular formula is C26H21NO4. The van der Waals surface area contributed by atoms with Gasteiger partial charge in [0, 0.05) is 5.69 Å². The third-order valence-corrected chi connectivity index (χ3v) is 5.17. The number of benzene rings is 3. The highest BCUT2D eigenvalue weighted by atomic mass is 16.5. The lowest BCUT2D eigenvalue weighted by molar-refractivity contribution is -0.117. The molecule has 0 spiro atoms. The van der Waals surface area contributed by atoms with Crippen molar-refractivity contribution in [3.8, 4) is 5.75 Å². The molecule has 0 aliphatic carbocycles. The van der Waals surface area contributed by atoms with Gasteiger partial charge in [-0.15, -0.1) is 0 Å². The molecule has 3 aromatic rings. The molecule has 1 aliphatic heterocycles. The Labute approximate surface area is 180 Å². The van der Waals surface area contributed by atoms with Crippen LogP contribution in [0.2, 0.25) is 0 Å². The zero-order valence-corrected chi connectivity index (χ0v) is 16.9. The number of aliphatic hydroxyl groups excluding tert-OH is 1. The maximum atomic E-state index is 13.2. The van der Waals surface area contributed by atoms with Gasteiger partial charge >= 0.3 is 0 Å². The van der Waals surface area contributed by atoms with Gasteiger partial charge in [-0.1, -0.05) is 66.7 Å². The molecule has 1 heterocycles. The smallest absolute Gasteiger partial charge is 0.294 e. The lowest BCUT2D eigenvalue weighted by atomic mass is 9.95.